The van der Waals surface area contributed by atoms with Crippen LogP contribution in [0.1, 0.15) is 29.9 Å². The van der Waals surface area contributed by atoms with Crippen LogP contribution < -0.4 is 4.74 Å². The van der Waals surface area contributed by atoms with Crippen molar-refractivity contribution in [2.24, 2.45) is 0 Å². The summed E-state index contributed by atoms with van der Waals surface area (Å²) in [7, 11) is 1.65. The first kappa shape index (κ1) is 12.0. The largest absolute Gasteiger partial charge is 0.496 e. The van der Waals surface area contributed by atoms with E-state index in [1.165, 1.54) is 16.3 Å². The first-order valence-electron chi connectivity index (χ1n) is 6.51. The number of rotatable bonds is 3. The molecule has 0 saturated heterocycles. The van der Waals surface area contributed by atoms with E-state index in [1.54, 1.807) is 7.11 Å². The van der Waals surface area contributed by atoms with Crippen LogP contribution in [0.3, 0.4) is 0 Å². The topological polar surface area (TPSA) is 46.5 Å². The third-order valence-electron chi connectivity index (χ3n) is 3.94. The molecule has 3 heteroatoms. The maximum atomic E-state index is 11.1. The van der Waals surface area contributed by atoms with Crippen LogP contribution in [0, 0.1) is 0 Å². The van der Waals surface area contributed by atoms with E-state index in [0.717, 1.165) is 24.2 Å². The molecule has 19 heavy (non-hydrogen) atoms. The maximum Gasteiger partial charge on any atom is 0.303 e. The van der Waals surface area contributed by atoms with Crippen molar-refractivity contribution in [1.29, 1.82) is 0 Å². The summed E-state index contributed by atoms with van der Waals surface area (Å²) in [6, 6.07) is 10.3. The standard InChI is InChI=1S/C16H16O3/c1-19-13-8-7-11-4-2-3-10-5-6-12(9-14(17)18)16(13)15(10)11/h2-4,7-8,12H,5-6,9H2,1H3,(H,17,18)/t12-/m0/s1. The molecule has 0 spiro atoms. The van der Waals surface area contributed by atoms with Gasteiger partial charge in [-0.25, -0.2) is 0 Å². The van der Waals surface area contributed by atoms with Gasteiger partial charge in [-0.3, -0.25) is 4.79 Å². The minimum Gasteiger partial charge on any atom is -0.496 e. The van der Waals surface area contributed by atoms with E-state index >= 15 is 0 Å². The summed E-state index contributed by atoms with van der Waals surface area (Å²) in [5.74, 6) is 0.111. The highest BCUT2D eigenvalue weighted by Gasteiger charge is 2.26. The Kier molecular flexibility index (Phi) is 2.90. The summed E-state index contributed by atoms with van der Waals surface area (Å²) in [6.07, 6.45) is 1.98. The fraction of sp³-hybridized carbons (Fsp3) is 0.312. The number of carboxylic acid groups (broad SMARTS) is 1. The smallest absolute Gasteiger partial charge is 0.303 e. The van der Waals surface area contributed by atoms with Gasteiger partial charge in [0.25, 0.3) is 0 Å². The van der Waals surface area contributed by atoms with Crippen molar-refractivity contribution in [1.82, 2.24) is 0 Å². The summed E-state index contributed by atoms with van der Waals surface area (Å²) in [5, 5.41) is 11.5. The Labute approximate surface area is 111 Å². The third kappa shape index (κ3) is 1.95. The lowest BCUT2D eigenvalue weighted by Crippen LogP contribution is -2.14. The summed E-state index contributed by atoms with van der Waals surface area (Å²) in [5.41, 5.74) is 2.37. The van der Waals surface area contributed by atoms with Crippen LogP contribution in [0.15, 0.2) is 30.3 Å². The molecule has 3 rings (SSSR count). The quantitative estimate of drug-likeness (QED) is 0.916. The molecule has 3 nitrogen and oxygen atoms in total. The second-order valence-electron chi connectivity index (χ2n) is 5.03. The normalized spacial score (nSPS) is 17.4. The maximum absolute atomic E-state index is 11.1. The molecule has 1 N–H and O–H groups in total. The van der Waals surface area contributed by atoms with Gasteiger partial charge in [-0.1, -0.05) is 24.3 Å². The molecular weight excluding hydrogens is 240 g/mol. The second kappa shape index (κ2) is 4.57. The van der Waals surface area contributed by atoms with Gasteiger partial charge in [-0.05, 0) is 41.2 Å². The zero-order chi connectivity index (χ0) is 13.4. The number of benzene rings is 2. The number of carbonyl (C=O) groups is 1. The number of ether oxygens (including phenoxy) is 1. The molecule has 0 bridgehead atoms. The Morgan fingerprint density at radius 1 is 1.37 bits per heavy atom. The molecule has 0 heterocycles. The van der Waals surface area contributed by atoms with Crippen LogP contribution in [0.5, 0.6) is 5.75 Å². The number of aliphatic carboxylic acids is 1. The van der Waals surface area contributed by atoms with Crippen molar-refractivity contribution in [2.75, 3.05) is 7.11 Å². The molecular formula is C16H16O3. The molecule has 98 valence electrons. The Hall–Kier alpha value is -2.03. The van der Waals surface area contributed by atoms with Gasteiger partial charge < -0.3 is 9.84 Å². The number of methoxy groups -OCH3 is 1. The zero-order valence-electron chi connectivity index (χ0n) is 10.8. The van der Waals surface area contributed by atoms with Crippen molar-refractivity contribution in [3.05, 3.63) is 41.5 Å². The summed E-state index contributed by atoms with van der Waals surface area (Å²) in [6.45, 7) is 0. The number of hydrogen-bond donors (Lipinski definition) is 1. The van der Waals surface area contributed by atoms with Crippen LogP contribution in [-0.4, -0.2) is 18.2 Å². The Balaban J connectivity index is 2.26. The summed E-state index contributed by atoms with van der Waals surface area (Å²) < 4.78 is 5.45. The van der Waals surface area contributed by atoms with E-state index in [4.69, 9.17) is 9.84 Å². The molecule has 0 amide bonds. The predicted octanol–water partition coefficient (Wildman–Crippen LogP) is 3.35. The molecule has 0 fully saturated rings. The van der Waals surface area contributed by atoms with Gasteiger partial charge >= 0.3 is 5.97 Å². The van der Waals surface area contributed by atoms with E-state index in [-0.39, 0.29) is 12.3 Å². The van der Waals surface area contributed by atoms with Gasteiger partial charge in [0, 0.05) is 5.56 Å². The highest BCUT2D eigenvalue weighted by atomic mass is 16.5. The molecule has 0 radical (unpaired) electrons. The Bertz CT molecular complexity index is 646. The number of carboxylic acids is 1. The minimum absolute atomic E-state index is 0.0473. The average Bonchev–Trinajstić information content (AvgIpc) is 2.41. The monoisotopic (exact) mass is 256 g/mol. The fourth-order valence-electron chi connectivity index (χ4n) is 3.15. The summed E-state index contributed by atoms with van der Waals surface area (Å²) in [4.78, 5) is 11.1. The molecule has 0 aliphatic heterocycles. The predicted molar refractivity (Wildman–Crippen MR) is 73.8 cm³/mol. The third-order valence-corrected chi connectivity index (χ3v) is 3.94. The molecule has 2 aromatic rings. The molecule has 0 saturated carbocycles. The first-order valence-corrected chi connectivity index (χ1v) is 6.51. The van der Waals surface area contributed by atoms with Gasteiger partial charge in [-0.2, -0.15) is 0 Å². The lowest BCUT2D eigenvalue weighted by Gasteiger charge is -2.26. The van der Waals surface area contributed by atoms with Crippen molar-refractivity contribution in [3.63, 3.8) is 0 Å². The highest BCUT2D eigenvalue weighted by Crippen LogP contribution is 2.43. The van der Waals surface area contributed by atoms with E-state index < -0.39 is 5.97 Å². The molecule has 1 aliphatic carbocycles. The highest BCUT2D eigenvalue weighted by molar-refractivity contribution is 5.92. The van der Waals surface area contributed by atoms with Crippen LogP contribution in [-0.2, 0) is 11.2 Å². The second-order valence-corrected chi connectivity index (χ2v) is 5.03. The Morgan fingerprint density at radius 2 is 2.21 bits per heavy atom. The van der Waals surface area contributed by atoms with E-state index in [0.29, 0.717) is 0 Å². The lowest BCUT2D eigenvalue weighted by molar-refractivity contribution is -0.137. The van der Waals surface area contributed by atoms with E-state index in [1.807, 2.05) is 12.1 Å². The molecule has 1 atom stereocenters. The van der Waals surface area contributed by atoms with Gasteiger partial charge in [0.05, 0.1) is 13.5 Å². The van der Waals surface area contributed by atoms with Crippen LogP contribution >= 0.6 is 0 Å². The van der Waals surface area contributed by atoms with Gasteiger partial charge in [0.2, 0.25) is 0 Å². The van der Waals surface area contributed by atoms with E-state index in [9.17, 15) is 4.79 Å². The molecule has 0 aromatic heterocycles. The Morgan fingerprint density at radius 3 is 2.95 bits per heavy atom. The van der Waals surface area contributed by atoms with Crippen molar-refractivity contribution in [3.8, 4) is 5.75 Å². The zero-order valence-corrected chi connectivity index (χ0v) is 10.8. The van der Waals surface area contributed by atoms with Crippen molar-refractivity contribution >= 4 is 16.7 Å². The molecule has 0 unspecified atom stereocenters. The van der Waals surface area contributed by atoms with Crippen molar-refractivity contribution < 1.29 is 14.6 Å². The SMILES string of the molecule is COc1ccc2cccc3c2c1[C@H](CC(=O)O)CC3. The molecule has 1 aliphatic rings. The first-order chi connectivity index (χ1) is 9.20. The van der Waals surface area contributed by atoms with Gasteiger partial charge in [-0.15, -0.1) is 0 Å². The number of aryl methyl sites for hydroxylation is 1. The van der Waals surface area contributed by atoms with Gasteiger partial charge in [0.15, 0.2) is 0 Å². The summed E-state index contributed by atoms with van der Waals surface area (Å²) >= 11 is 0. The van der Waals surface area contributed by atoms with Crippen LogP contribution in [0.2, 0.25) is 0 Å². The van der Waals surface area contributed by atoms with Crippen LogP contribution in [0.25, 0.3) is 10.8 Å². The average molecular weight is 256 g/mol. The lowest BCUT2D eigenvalue weighted by atomic mass is 9.79. The molecule has 2 aromatic carbocycles. The van der Waals surface area contributed by atoms with E-state index in [2.05, 4.69) is 18.2 Å². The van der Waals surface area contributed by atoms with Crippen LogP contribution in [0.4, 0.5) is 0 Å². The minimum atomic E-state index is -0.747. The fourth-order valence-corrected chi connectivity index (χ4v) is 3.15. The number of hydrogen-bond acceptors (Lipinski definition) is 2. The van der Waals surface area contributed by atoms with Crippen molar-refractivity contribution in [2.45, 2.75) is 25.2 Å². The van der Waals surface area contributed by atoms with Gasteiger partial charge in [0.1, 0.15) is 5.75 Å².